The summed E-state index contributed by atoms with van der Waals surface area (Å²) < 4.78 is 28.5. The average Bonchev–Trinajstić information content (AvgIpc) is 2.96. The maximum atomic E-state index is 12.2. The molecular weight excluding hydrogens is 306 g/mol. The zero-order chi connectivity index (χ0) is 16.8. The molecule has 1 saturated heterocycles. The number of rotatable bonds is 7. The van der Waals surface area contributed by atoms with Crippen LogP contribution < -0.4 is 4.74 Å². The Bertz CT molecular complexity index is 511. The Morgan fingerprint density at radius 1 is 1.43 bits per heavy atom. The van der Waals surface area contributed by atoms with Crippen LogP contribution in [0, 0.1) is 5.92 Å². The molecule has 1 amide bonds. The lowest BCUT2D eigenvalue weighted by molar-refractivity contribution is -0.131. The van der Waals surface area contributed by atoms with Gasteiger partial charge in [0.05, 0.1) is 6.54 Å². The molecule has 1 heterocycles. The van der Waals surface area contributed by atoms with Crippen LogP contribution in [0.15, 0.2) is 24.3 Å². The lowest BCUT2D eigenvalue weighted by Crippen LogP contribution is -2.37. The Hall–Kier alpha value is -1.73. The van der Waals surface area contributed by atoms with Gasteiger partial charge in [-0.1, -0.05) is 12.1 Å². The number of amides is 1. The minimum atomic E-state index is -2.84. The summed E-state index contributed by atoms with van der Waals surface area (Å²) in [5.41, 5.74) is 0.845. The number of aliphatic hydroxyl groups is 1. The number of carbonyl (C=O) groups is 1. The summed E-state index contributed by atoms with van der Waals surface area (Å²) in [4.78, 5) is 15.9. The normalized spacial score (nSPS) is 18.4. The van der Waals surface area contributed by atoms with E-state index in [1.54, 1.807) is 24.1 Å². The van der Waals surface area contributed by atoms with Crippen molar-refractivity contribution in [3.8, 4) is 5.75 Å². The number of likely N-dealkylation sites (N-methyl/N-ethyl adjacent to an activating group) is 1. The van der Waals surface area contributed by atoms with Crippen LogP contribution >= 0.6 is 0 Å². The summed E-state index contributed by atoms with van der Waals surface area (Å²) in [5.74, 6) is 0.358. The van der Waals surface area contributed by atoms with E-state index in [9.17, 15) is 13.6 Å². The van der Waals surface area contributed by atoms with Gasteiger partial charge in [-0.25, -0.2) is 0 Å². The molecule has 1 atom stereocenters. The number of halogens is 2. The third-order valence-corrected chi connectivity index (χ3v) is 3.98. The Kier molecular flexibility index (Phi) is 6.29. The highest BCUT2D eigenvalue weighted by atomic mass is 19.3. The standard InChI is InChI=1S/C16H22F2N2O3/c1-19(15(22)10-20-7-6-13(9-20)11-21)8-12-2-4-14(5-3-12)23-16(17)18/h2-5,13,16,21H,6-11H2,1H3. The fourth-order valence-corrected chi connectivity index (χ4v) is 2.66. The van der Waals surface area contributed by atoms with Crippen molar-refractivity contribution in [2.75, 3.05) is 33.3 Å². The Balaban J connectivity index is 1.81. The molecule has 1 aliphatic rings. The summed E-state index contributed by atoms with van der Waals surface area (Å²) >= 11 is 0. The van der Waals surface area contributed by atoms with Crippen LogP contribution in [0.5, 0.6) is 5.75 Å². The summed E-state index contributed by atoms with van der Waals surface area (Å²) in [5, 5.41) is 9.12. The van der Waals surface area contributed by atoms with E-state index in [4.69, 9.17) is 5.11 Å². The molecule has 1 aliphatic heterocycles. The van der Waals surface area contributed by atoms with Crippen LogP contribution in [0.4, 0.5) is 8.78 Å². The molecule has 23 heavy (non-hydrogen) atoms. The second-order valence-corrected chi connectivity index (χ2v) is 5.84. The summed E-state index contributed by atoms with van der Waals surface area (Å²) in [6.07, 6.45) is 0.916. The lowest BCUT2D eigenvalue weighted by atomic mass is 10.1. The van der Waals surface area contributed by atoms with Crippen LogP contribution in [-0.2, 0) is 11.3 Å². The van der Waals surface area contributed by atoms with Crippen LogP contribution in [0.25, 0.3) is 0 Å². The molecule has 0 aromatic heterocycles. The zero-order valence-corrected chi connectivity index (χ0v) is 13.1. The number of hydrogen-bond acceptors (Lipinski definition) is 4. The molecule has 0 radical (unpaired) electrons. The number of ether oxygens (including phenoxy) is 1. The fraction of sp³-hybridized carbons (Fsp3) is 0.562. The lowest BCUT2D eigenvalue weighted by Gasteiger charge is -2.21. The minimum Gasteiger partial charge on any atom is -0.435 e. The molecule has 1 N–H and O–H groups in total. The predicted molar refractivity (Wildman–Crippen MR) is 81.2 cm³/mol. The number of benzene rings is 1. The van der Waals surface area contributed by atoms with Crippen molar-refractivity contribution in [1.82, 2.24) is 9.80 Å². The molecule has 1 unspecified atom stereocenters. The van der Waals surface area contributed by atoms with Crippen molar-refractivity contribution in [2.45, 2.75) is 19.6 Å². The maximum absolute atomic E-state index is 12.2. The number of hydrogen-bond donors (Lipinski definition) is 1. The molecule has 7 heteroatoms. The molecule has 5 nitrogen and oxygen atoms in total. The fourth-order valence-electron chi connectivity index (χ4n) is 2.66. The highest BCUT2D eigenvalue weighted by molar-refractivity contribution is 5.78. The van der Waals surface area contributed by atoms with Crippen molar-refractivity contribution in [3.63, 3.8) is 0 Å². The largest absolute Gasteiger partial charge is 0.435 e. The topological polar surface area (TPSA) is 53.0 Å². The van der Waals surface area contributed by atoms with E-state index < -0.39 is 6.61 Å². The number of alkyl halides is 2. The van der Waals surface area contributed by atoms with Gasteiger partial charge in [0.15, 0.2) is 0 Å². The van der Waals surface area contributed by atoms with Gasteiger partial charge in [0, 0.05) is 26.7 Å². The van der Waals surface area contributed by atoms with Gasteiger partial charge in [0.1, 0.15) is 5.75 Å². The van der Waals surface area contributed by atoms with Crippen molar-refractivity contribution in [2.24, 2.45) is 5.92 Å². The van der Waals surface area contributed by atoms with Gasteiger partial charge in [-0.05, 0) is 36.6 Å². The van der Waals surface area contributed by atoms with E-state index in [0.717, 1.165) is 25.1 Å². The molecule has 128 valence electrons. The molecule has 0 bridgehead atoms. The Labute approximate surface area is 134 Å². The first kappa shape index (κ1) is 17.6. The third kappa shape index (κ3) is 5.44. The van der Waals surface area contributed by atoms with Gasteiger partial charge in [-0.2, -0.15) is 8.78 Å². The van der Waals surface area contributed by atoms with E-state index in [1.165, 1.54) is 12.1 Å². The van der Waals surface area contributed by atoms with Crippen LogP contribution in [0.2, 0.25) is 0 Å². The maximum Gasteiger partial charge on any atom is 0.387 e. The monoisotopic (exact) mass is 328 g/mol. The van der Waals surface area contributed by atoms with Crippen molar-refractivity contribution < 1.29 is 23.4 Å². The first-order valence-corrected chi connectivity index (χ1v) is 7.59. The highest BCUT2D eigenvalue weighted by Crippen LogP contribution is 2.17. The SMILES string of the molecule is CN(Cc1ccc(OC(F)F)cc1)C(=O)CN1CCC(CO)C1. The smallest absolute Gasteiger partial charge is 0.387 e. The first-order chi connectivity index (χ1) is 11.0. The van der Waals surface area contributed by atoms with E-state index in [-0.39, 0.29) is 24.2 Å². The Morgan fingerprint density at radius 3 is 2.70 bits per heavy atom. The number of likely N-dealkylation sites (tertiary alicyclic amines) is 1. The molecule has 1 aromatic rings. The number of carbonyl (C=O) groups excluding carboxylic acids is 1. The van der Waals surface area contributed by atoms with Gasteiger partial charge >= 0.3 is 6.61 Å². The molecule has 0 saturated carbocycles. The second-order valence-electron chi connectivity index (χ2n) is 5.84. The third-order valence-electron chi connectivity index (χ3n) is 3.98. The van der Waals surface area contributed by atoms with Crippen LogP contribution in [0.3, 0.4) is 0 Å². The molecule has 0 aliphatic carbocycles. The summed E-state index contributed by atoms with van der Waals surface area (Å²) in [7, 11) is 1.71. The molecular formula is C16H22F2N2O3. The summed E-state index contributed by atoms with van der Waals surface area (Å²) in [6.45, 7) is -0.369. The average molecular weight is 328 g/mol. The van der Waals surface area contributed by atoms with Gasteiger partial charge in [-0.15, -0.1) is 0 Å². The number of nitrogens with zero attached hydrogens (tertiary/aromatic N) is 2. The van der Waals surface area contributed by atoms with Gasteiger partial charge in [0.2, 0.25) is 5.91 Å². The van der Waals surface area contributed by atoms with Gasteiger partial charge in [-0.3, -0.25) is 9.69 Å². The number of aliphatic hydroxyl groups excluding tert-OH is 1. The van der Waals surface area contributed by atoms with Crippen molar-refractivity contribution in [3.05, 3.63) is 29.8 Å². The van der Waals surface area contributed by atoms with E-state index in [1.807, 2.05) is 4.90 Å². The minimum absolute atomic E-state index is 0.00324. The second kappa shape index (κ2) is 8.21. The van der Waals surface area contributed by atoms with Crippen LogP contribution in [-0.4, -0.2) is 60.7 Å². The molecule has 1 fully saturated rings. The highest BCUT2D eigenvalue weighted by Gasteiger charge is 2.24. The predicted octanol–water partition coefficient (Wildman–Crippen LogP) is 1.56. The molecule has 2 rings (SSSR count). The van der Waals surface area contributed by atoms with E-state index >= 15 is 0 Å². The summed E-state index contributed by atoms with van der Waals surface area (Å²) in [6, 6.07) is 6.26. The zero-order valence-electron chi connectivity index (χ0n) is 13.1. The Morgan fingerprint density at radius 2 is 2.13 bits per heavy atom. The van der Waals surface area contributed by atoms with Gasteiger partial charge < -0.3 is 14.7 Å². The van der Waals surface area contributed by atoms with Crippen LogP contribution in [0.1, 0.15) is 12.0 Å². The first-order valence-electron chi connectivity index (χ1n) is 7.59. The van der Waals surface area contributed by atoms with Crippen molar-refractivity contribution in [1.29, 1.82) is 0 Å². The van der Waals surface area contributed by atoms with Gasteiger partial charge in [0.25, 0.3) is 0 Å². The molecule has 0 spiro atoms. The quantitative estimate of drug-likeness (QED) is 0.825. The molecule has 1 aromatic carbocycles. The van der Waals surface area contributed by atoms with E-state index in [0.29, 0.717) is 13.1 Å². The van der Waals surface area contributed by atoms with E-state index in [2.05, 4.69) is 4.74 Å². The van der Waals surface area contributed by atoms with Crippen molar-refractivity contribution >= 4 is 5.91 Å².